The number of fused-ring (bicyclic) bond motifs is 1. The van der Waals surface area contributed by atoms with E-state index in [9.17, 15) is 4.79 Å². The molecule has 0 bridgehead atoms. The molecule has 0 aliphatic carbocycles. The van der Waals surface area contributed by atoms with Crippen LogP contribution in [0.1, 0.15) is 37.5 Å². The molecule has 1 N–H and O–H groups in total. The van der Waals surface area contributed by atoms with Crippen LogP contribution in [0, 0.1) is 0 Å². The second-order valence-electron chi connectivity index (χ2n) is 7.48. The lowest BCUT2D eigenvalue weighted by atomic mass is 9.87. The smallest absolute Gasteiger partial charge is 0.244 e. The number of carbonyl (C=O) groups excluding carboxylic acids is 1. The van der Waals surface area contributed by atoms with Gasteiger partial charge in [-0.05, 0) is 32.9 Å². The first-order valence-electron chi connectivity index (χ1n) is 8.82. The van der Waals surface area contributed by atoms with E-state index in [0.29, 0.717) is 6.42 Å². The van der Waals surface area contributed by atoms with Crippen molar-refractivity contribution in [3.8, 4) is 0 Å². The first-order chi connectivity index (χ1) is 12.4. The van der Waals surface area contributed by atoms with E-state index in [0.717, 1.165) is 21.9 Å². The minimum atomic E-state index is -0.121. The van der Waals surface area contributed by atoms with Gasteiger partial charge in [0.15, 0.2) is 0 Å². The zero-order valence-corrected chi connectivity index (χ0v) is 15.5. The van der Waals surface area contributed by atoms with E-state index in [1.54, 1.807) is 6.21 Å². The molecule has 0 heterocycles. The molecule has 0 radical (unpaired) electrons. The van der Waals surface area contributed by atoms with Crippen LogP contribution >= 0.6 is 0 Å². The number of nitrogens with zero attached hydrogens (tertiary/aromatic N) is 1. The zero-order chi connectivity index (χ0) is 18.6. The number of nitrogens with one attached hydrogen (secondary N) is 1. The fourth-order valence-corrected chi connectivity index (χ4v) is 2.91. The molecule has 0 aromatic heterocycles. The van der Waals surface area contributed by atoms with E-state index < -0.39 is 0 Å². The topological polar surface area (TPSA) is 41.5 Å². The molecule has 0 aliphatic heterocycles. The SMILES string of the molecule is CC(C)(C)c1ccc(C=NNC(=O)Cc2cccc3ccccc23)cc1. The highest BCUT2D eigenvalue weighted by atomic mass is 16.2. The van der Waals surface area contributed by atoms with E-state index in [4.69, 9.17) is 0 Å². The van der Waals surface area contributed by atoms with E-state index in [1.807, 2.05) is 42.5 Å². The van der Waals surface area contributed by atoms with Crippen LogP contribution in [0.5, 0.6) is 0 Å². The molecule has 0 unspecified atom stereocenters. The van der Waals surface area contributed by atoms with Crippen molar-refractivity contribution < 1.29 is 4.79 Å². The summed E-state index contributed by atoms with van der Waals surface area (Å²) in [6.45, 7) is 6.55. The lowest BCUT2D eigenvalue weighted by molar-refractivity contribution is -0.120. The van der Waals surface area contributed by atoms with Crippen molar-refractivity contribution in [2.45, 2.75) is 32.6 Å². The highest BCUT2D eigenvalue weighted by Crippen LogP contribution is 2.22. The molecular weight excluding hydrogens is 320 g/mol. The Morgan fingerprint density at radius 3 is 2.38 bits per heavy atom. The number of hydrazone groups is 1. The summed E-state index contributed by atoms with van der Waals surface area (Å²) >= 11 is 0. The fraction of sp³-hybridized carbons (Fsp3) is 0.217. The van der Waals surface area contributed by atoms with Crippen molar-refractivity contribution in [2.75, 3.05) is 0 Å². The largest absolute Gasteiger partial charge is 0.273 e. The van der Waals surface area contributed by atoms with Gasteiger partial charge >= 0.3 is 0 Å². The normalized spacial score (nSPS) is 11.8. The van der Waals surface area contributed by atoms with Gasteiger partial charge in [-0.3, -0.25) is 4.79 Å². The van der Waals surface area contributed by atoms with Crippen molar-refractivity contribution in [2.24, 2.45) is 5.10 Å². The molecule has 0 spiro atoms. The van der Waals surface area contributed by atoms with Gasteiger partial charge < -0.3 is 0 Å². The standard InChI is InChI=1S/C23H24N2O/c1-23(2,3)20-13-11-17(12-14-20)16-24-25-22(26)15-19-9-6-8-18-7-4-5-10-21(18)19/h4-14,16H,15H2,1-3H3,(H,25,26). The summed E-state index contributed by atoms with van der Waals surface area (Å²) < 4.78 is 0. The molecule has 0 saturated heterocycles. The number of amides is 1. The first kappa shape index (κ1) is 17.9. The number of hydrogen-bond acceptors (Lipinski definition) is 2. The monoisotopic (exact) mass is 344 g/mol. The summed E-state index contributed by atoms with van der Waals surface area (Å²) in [6.07, 6.45) is 1.98. The third-order valence-electron chi connectivity index (χ3n) is 4.41. The van der Waals surface area contributed by atoms with Crippen molar-refractivity contribution in [1.82, 2.24) is 5.43 Å². The van der Waals surface area contributed by atoms with Crippen LogP contribution in [-0.2, 0) is 16.6 Å². The van der Waals surface area contributed by atoms with E-state index >= 15 is 0 Å². The molecule has 132 valence electrons. The van der Waals surface area contributed by atoms with Crippen molar-refractivity contribution in [3.05, 3.63) is 83.4 Å². The number of rotatable bonds is 4. The number of carbonyl (C=O) groups is 1. The first-order valence-corrected chi connectivity index (χ1v) is 8.82. The third kappa shape index (κ3) is 4.37. The van der Waals surface area contributed by atoms with E-state index in [2.05, 4.69) is 55.6 Å². The zero-order valence-electron chi connectivity index (χ0n) is 15.5. The Morgan fingerprint density at radius 1 is 0.962 bits per heavy atom. The van der Waals surface area contributed by atoms with E-state index in [-0.39, 0.29) is 11.3 Å². The molecule has 3 nitrogen and oxygen atoms in total. The van der Waals surface area contributed by atoms with Gasteiger partial charge in [0.1, 0.15) is 0 Å². The number of benzene rings is 3. The van der Waals surface area contributed by atoms with Crippen LogP contribution < -0.4 is 5.43 Å². The van der Waals surface area contributed by atoms with Gasteiger partial charge in [-0.2, -0.15) is 5.10 Å². The van der Waals surface area contributed by atoms with Crippen LogP contribution in [0.2, 0.25) is 0 Å². The van der Waals surface area contributed by atoms with Crippen LogP contribution in [0.15, 0.2) is 71.8 Å². The minimum absolute atomic E-state index is 0.121. The molecule has 0 fully saturated rings. The molecule has 0 saturated carbocycles. The van der Waals surface area contributed by atoms with Crippen LogP contribution in [0.25, 0.3) is 10.8 Å². The fourth-order valence-electron chi connectivity index (χ4n) is 2.91. The highest BCUT2D eigenvalue weighted by Gasteiger charge is 2.12. The van der Waals surface area contributed by atoms with Crippen LogP contribution in [0.3, 0.4) is 0 Å². The second-order valence-corrected chi connectivity index (χ2v) is 7.48. The molecule has 0 aliphatic rings. The lowest BCUT2D eigenvalue weighted by Crippen LogP contribution is -2.19. The third-order valence-corrected chi connectivity index (χ3v) is 4.41. The van der Waals surface area contributed by atoms with Crippen molar-refractivity contribution in [3.63, 3.8) is 0 Å². The van der Waals surface area contributed by atoms with Gasteiger partial charge in [0.2, 0.25) is 5.91 Å². The van der Waals surface area contributed by atoms with Crippen molar-refractivity contribution >= 4 is 22.9 Å². The number of hydrogen-bond donors (Lipinski definition) is 1. The lowest BCUT2D eigenvalue weighted by Gasteiger charge is -2.18. The summed E-state index contributed by atoms with van der Waals surface area (Å²) in [4.78, 5) is 12.2. The van der Waals surface area contributed by atoms with Gasteiger partial charge in [-0.15, -0.1) is 0 Å². The predicted octanol–water partition coefficient (Wildman–Crippen LogP) is 4.83. The molecule has 1 amide bonds. The Morgan fingerprint density at radius 2 is 1.65 bits per heavy atom. The Hall–Kier alpha value is -2.94. The molecular formula is C23H24N2O. The summed E-state index contributed by atoms with van der Waals surface area (Å²) in [5, 5.41) is 6.33. The molecule has 26 heavy (non-hydrogen) atoms. The maximum Gasteiger partial charge on any atom is 0.244 e. The summed E-state index contributed by atoms with van der Waals surface area (Å²) in [7, 11) is 0. The highest BCUT2D eigenvalue weighted by molar-refractivity contribution is 5.90. The molecule has 3 heteroatoms. The Balaban J connectivity index is 1.62. The van der Waals surface area contributed by atoms with Gasteiger partial charge in [-0.25, -0.2) is 5.43 Å². The molecule has 3 aromatic rings. The van der Waals surface area contributed by atoms with Gasteiger partial charge in [0.05, 0.1) is 12.6 Å². The van der Waals surface area contributed by atoms with Gasteiger partial charge in [-0.1, -0.05) is 87.5 Å². The van der Waals surface area contributed by atoms with E-state index in [1.165, 1.54) is 5.56 Å². The Bertz CT molecular complexity index is 929. The molecule has 3 rings (SSSR count). The summed E-state index contributed by atoms with van der Waals surface area (Å²) in [5.41, 5.74) is 5.99. The second kappa shape index (κ2) is 7.52. The molecule has 3 aromatic carbocycles. The Kier molecular flexibility index (Phi) is 5.17. The molecule has 0 atom stereocenters. The Labute approximate surface area is 154 Å². The van der Waals surface area contributed by atoms with Crippen molar-refractivity contribution in [1.29, 1.82) is 0 Å². The van der Waals surface area contributed by atoms with Gasteiger partial charge in [0.25, 0.3) is 0 Å². The average Bonchev–Trinajstić information content (AvgIpc) is 2.62. The summed E-state index contributed by atoms with van der Waals surface area (Å²) in [6, 6.07) is 22.3. The maximum absolute atomic E-state index is 12.2. The summed E-state index contributed by atoms with van der Waals surface area (Å²) in [5.74, 6) is -0.121. The minimum Gasteiger partial charge on any atom is -0.273 e. The maximum atomic E-state index is 12.2. The van der Waals surface area contributed by atoms with Crippen LogP contribution in [0.4, 0.5) is 0 Å². The average molecular weight is 344 g/mol. The predicted molar refractivity (Wildman–Crippen MR) is 109 cm³/mol. The van der Waals surface area contributed by atoms with Crippen LogP contribution in [-0.4, -0.2) is 12.1 Å². The quantitative estimate of drug-likeness (QED) is 0.534. The van der Waals surface area contributed by atoms with Gasteiger partial charge in [0, 0.05) is 0 Å².